The molecule has 0 bridgehead atoms. The molecule has 2 aliphatic rings. The minimum Gasteiger partial charge on any atom is -0.316 e. The molecule has 1 spiro atoms. The molecule has 0 aromatic carbocycles. The highest BCUT2D eigenvalue weighted by atomic mass is 17.3. The smallest absolute Gasteiger partial charge is 0.150 e. The van der Waals surface area contributed by atoms with Crippen LogP contribution in [0.4, 0.5) is 0 Å². The van der Waals surface area contributed by atoms with Crippen molar-refractivity contribution in [3.8, 4) is 0 Å². The molecule has 4 nitrogen and oxygen atoms in total. The maximum Gasteiger partial charge on any atom is 0.150 e. The van der Waals surface area contributed by atoms with E-state index >= 15 is 0 Å². The summed E-state index contributed by atoms with van der Waals surface area (Å²) in [5.74, 6) is 0. The molecule has 2 aliphatic heterocycles. The first-order valence-corrected chi connectivity index (χ1v) is 5.32. The molecule has 2 fully saturated rings. The Hall–Kier alpha value is -0.580. The van der Waals surface area contributed by atoms with Gasteiger partial charge in [0.05, 0.1) is 5.70 Å². The summed E-state index contributed by atoms with van der Waals surface area (Å²) >= 11 is 0. The summed E-state index contributed by atoms with van der Waals surface area (Å²) < 4.78 is 0. The van der Waals surface area contributed by atoms with Gasteiger partial charge in [-0.25, -0.2) is 5.06 Å². The highest BCUT2D eigenvalue weighted by Crippen LogP contribution is 2.38. The summed E-state index contributed by atoms with van der Waals surface area (Å²) in [7, 11) is 0. The Bertz CT molecular complexity index is 224. The second-order valence-electron chi connectivity index (χ2n) is 3.95. The highest BCUT2D eigenvalue weighted by Gasteiger charge is 2.45. The van der Waals surface area contributed by atoms with Crippen LogP contribution in [0, 0.1) is 0 Å². The molecule has 14 heavy (non-hydrogen) atoms. The van der Waals surface area contributed by atoms with Crippen LogP contribution < -0.4 is 5.32 Å². The van der Waals surface area contributed by atoms with Crippen molar-refractivity contribution in [1.29, 1.82) is 0 Å². The molecule has 1 N–H and O–H groups in total. The number of rotatable bonds is 2. The van der Waals surface area contributed by atoms with Crippen molar-refractivity contribution in [3.05, 3.63) is 12.3 Å². The van der Waals surface area contributed by atoms with E-state index in [9.17, 15) is 0 Å². The summed E-state index contributed by atoms with van der Waals surface area (Å²) in [6.45, 7) is 9.00. The largest absolute Gasteiger partial charge is 0.316 e. The van der Waals surface area contributed by atoms with E-state index in [2.05, 4.69) is 18.8 Å². The van der Waals surface area contributed by atoms with Crippen molar-refractivity contribution in [2.45, 2.75) is 31.8 Å². The van der Waals surface area contributed by atoms with Gasteiger partial charge in [0.1, 0.15) is 5.60 Å². The van der Waals surface area contributed by atoms with Crippen molar-refractivity contribution in [2.24, 2.45) is 0 Å². The Morgan fingerprint density at radius 3 is 2.86 bits per heavy atom. The summed E-state index contributed by atoms with van der Waals surface area (Å²) in [5.41, 5.74) is 0.737. The van der Waals surface area contributed by atoms with Gasteiger partial charge in [0.15, 0.2) is 0 Å². The van der Waals surface area contributed by atoms with E-state index < -0.39 is 0 Å². The zero-order chi connectivity index (χ0) is 10.0. The second kappa shape index (κ2) is 3.88. The molecule has 0 amide bonds. The number of nitrogens with one attached hydrogen (secondary N) is 1. The lowest BCUT2D eigenvalue weighted by atomic mass is 9.89. The zero-order valence-corrected chi connectivity index (χ0v) is 8.71. The Kier molecular flexibility index (Phi) is 2.76. The van der Waals surface area contributed by atoms with Gasteiger partial charge in [-0.1, -0.05) is 13.5 Å². The average Bonchev–Trinajstić information content (AvgIpc) is 2.50. The lowest BCUT2D eigenvalue weighted by Gasteiger charge is -2.30. The van der Waals surface area contributed by atoms with Crippen LogP contribution in [0.3, 0.4) is 0 Å². The van der Waals surface area contributed by atoms with E-state index in [1.54, 1.807) is 5.06 Å². The van der Waals surface area contributed by atoms with Crippen molar-refractivity contribution >= 4 is 0 Å². The molecule has 4 heteroatoms. The van der Waals surface area contributed by atoms with Crippen LogP contribution in [0.25, 0.3) is 0 Å². The average molecular weight is 198 g/mol. The zero-order valence-electron chi connectivity index (χ0n) is 8.71. The van der Waals surface area contributed by atoms with Gasteiger partial charge in [-0.2, -0.15) is 4.89 Å². The molecule has 0 aromatic heterocycles. The maximum absolute atomic E-state index is 5.45. The van der Waals surface area contributed by atoms with Gasteiger partial charge in [0, 0.05) is 6.54 Å². The number of hydrogen-bond donors (Lipinski definition) is 1. The van der Waals surface area contributed by atoms with Gasteiger partial charge in [-0.3, -0.25) is 0 Å². The quantitative estimate of drug-likeness (QED) is 0.676. The lowest BCUT2D eigenvalue weighted by Crippen LogP contribution is -2.43. The molecule has 2 heterocycles. The van der Waals surface area contributed by atoms with Crippen LogP contribution >= 0.6 is 0 Å². The molecule has 2 saturated heterocycles. The van der Waals surface area contributed by atoms with Crippen molar-refractivity contribution in [2.75, 3.05) is 19.6 Å². The summed E-state index contributed by atoms with van der Waals surface area (Å²) in [4.78, 5) is 10.7. The van der Waals surface area contributed by atoms with Gasteiger partial charge in [0.25, 0.3) is 0 Å². The van der Waals surface area contributed by atoms with Crippen LogP contribution in [0.2, 0.25) is 0 Å². The minimum absolute atomic E-state index is 0.250. The standard InChI is InChI=1S/C10H18N2O2/c1-3-8-12-9(2)10(13-14-12)4-6-11-7-5-10/h11H,2-8H2,1H3. The van der Waals surface area contributed by atoms with Crippen LogP contribution in [-0.4, -0.2) is 30.3 Å². The topological polar surface area (TPSA) is 33.7 Å². The first-order valence-electron chi connectivity index (χ1n) is 5.32. The third kappa shape index (κ3) is 1.54. The number of nitrogens with zero attached hydrogens (tertiary/aromatic N) is 1. The number of hydroxylamine groups is 2. The van der Waals surface area contributed by atoms with Gasteiger partial charge in [-0.05, 0) is 32.4 Å². The predicted octanol–water partition coefficient (Wildman–Crippen LogP) is 1.21. The molecule has 0 radical (unpaired) electrons. The molecule has 0 aromatic rings. The Morgan fingerprint density at radius 1 is 1.50 bits per heavy atom. The highest BCUT2D eigenvalue weighted by molar-refractivity contribution is 5.14. The van der Waals surface area contributed by atoms with Gasteiger partial charge in [-0.15, -0.1) is 4.99 Å². The second-order valence-corrected chi connectivity index (χ2v) is 3.95. The van der Waals surface area contributed by atoms with E-state index in [0.717, 1.165) is 44.6 Å². The molecule has 2 rings (SSSR count). The maximum atomic E-state index is 5.45. The third-order valence-corrected chi connectivity index (χ3v) is 2.95. The summed E-state index contributed by atoms with van der Waals surface area (Å²) in [6.07, 6.45) is 2.94. The van der Waals surface area contributed by atoms with Gasteiger partial charge >= 0.3 is 0 Å². The first kappa shape index (κ1) is 9.96. The molecular weight excluding hydrogens is 180 g/mol. The van der Waals surface area contributed by atoms with E-state index in [0.29, 0.717) is 0 Å². The third-order valence-electron chi connectivity index (χ3n) is 2.95. The molecule has 80 valence electrons. The molecule has 0 aliphatic carbocycles. The van der Waals surface area contributed by atoms with Gasteiger partial charge in [0.2, 0.25) is 0 Å². The van der Waals surface area contributed by atoms with E-state index in [-0.39, 0.29) is 5.60 Å². The van der Waals surface area contributed by atoms with Crippen LogP contribution in [0.15, 0.2) is 12.3 Å². The van der Waals surface area contributed by atoms with Crippen molar-refractivity contribution in [3.63, 3.8) is 0 Å². The Balaban J connectivity index is 2.04. The SMILES string of the molecule is C=C1N(CCC)OOC12CCNCC2. The molecular formula is C10H18N2O2. The first-order chi connectivity index (χ1) is 6.78. The van der Waals surface area contributed by atoms with Crippen LogP contribution in [-0.2, 0) is 9.88 Å². The lowest BCUT2D eigenvalue weighted by molar-refractivity contribution is -0.400. The Morgan fingerprint density at radius 2 is 2.21 bits per heavy atom. The molecule has 0 atom stereocenters. The van der Waals surface area contributed by atoms with Crippen molar-refractivity contribution < 1.29 is 9.88 Å². The number of piperidine rings is 1. The van der Waals surface area contributed by atoms with Crippen LogP contribution in [0.5, 0.6) is 0 Å². The van der Waals surface area contributed by atoms with Crippen LogP contribution in [0.1, 0.15) is 26.2 Å². The fourth-order valence-electron chi connectivity index (χ4n) is 2.01. The fourth-order valence-corrected chi connectivity index (χ4v) is 2.01. The Labute approximate surface area is 84.7 Å². The number of hydrogen-bond acceptors (Lipinski definition) is 4. The normalized spacial score (nSPS) is 26.1. The summed E-state index contributed by atoms with van der Waals surface area (Å²) in [6, 6.07) is 0. The van der Waals surface area contributed by atoms with E-state index in [1.165, 1.54) is 0 Å². The molecule has 0 unspecified atom stereocenters. The van der Waals surface area contributed by atoms with Crippen molar-refractivity contribution in [1.82, 2.24) is 10.4 Å². The van der Waals surface area contributed by atoms with E-state index in [1.807, 2.05) is 0 Å². The fraction of sp³-hybridized carbons (Fsp3) is 0.800. The van der Waals surface area contributed by atoms with E-state index in [4.69, 9.17) is 9.88 Å². The van der Waals surface area contributed by atoms with Gasteiger partial charge < -0.3 is 5.32 Å². The molecule has 0 saturated carbocycles. The minimum atomic E-state index is -0.250. The summed E-state index contributed by atoms with van der Waals surface area (Å²) in [5, 5.41) is 5.09. The predicted molar refractivity (Wildman–Crippen MR) is 53.1 cm³/mol. The monoisotopic (exact) mass is 198 g/mol.